The molecule has 2 atom stereocenters. The molecular formula is C15H23BN2O4. The number of nitrogens with two attached hydrogens (primary N) is 1. The molecule has 0 fully saturated rings. The Balaban J connectivity index is 2.37. The SMILES string of the molecule is CNC1(C(=O)O)c2cccc(CN)c2CC1CCCB(O)O. The predicted octanol–water partition coefficient (Wildman–Crippen LogP) is 0.0699. The molecule has 0 heterocycles. The molecule has 1 aliphatic rings. The molecule has 1 aromatic rings. The van der Waals surface area contributed by atoms with Crippen LogP contribution in [0.15, 0.2) is 18.2 Å². The van der Waals surface area contributed by atoms with E-state index in [2.05, 4.69) is 5.32 Å². The molecule has 0 amide bonds. The lowest BCUT2D eigenvalue weighted by molar-refractivity contribution is -0.147. The largest absolute Gasteiger partial charge is 0.480 e. The molecule has 0 saturated heterocycles. The first-order valence-electron chi connectivity index (χ1n) is 7.57. The van der Waals surface area contributed by atoms with Crippen LogP contribution in [0, 0.1) is 5.92 Å². The minimum Gasteiger partial charge on any atom is -0.480 e. The third kappa shape index (κ3) is 2.77. The summed E-state index contributed by atoms with van der Waals surface area (Å²) in [6.07, 6.45) is 2.04. The van der Waals surface area contributed by atoms with E-state index in [0.717, 1.165) is 16.7 Å². The van der Waals surface area contributed by atoms with Crippen LogP contribution in [-0.4, -0.2) is 35.3 Å². The van der Waals surface area contributed by atoms with Crippen molar-refractivity contribution in [3.63, 3.8) is 0 Å². The van der Waals surface area contributed by atoms with Gasteiger partial charge in [-0.3, -0.25) is 0 Å². The molecule has 0 radical (unpaired) electrons. The number of carboxylic acid groups (broad SMARTS) is 1. The average molecular weight is 306 g/mol. The Morgan fingerprint density at radius 2 is 2.23 bits per heavy atom. The summed E-state index contributed by atoms with van der Waals surface area (Å²) in [6, 6.07) is 5.62. The molecule has 0 bridgehead atoms. The van der Waals surface area contributed by atoms with Crippen molar-refractivity contribution in [3.05, 3.63) is 34.9 Å². The van der Waals surface area contributed by atoms with Gasteiger partial charge in [0.2, 0.25) is 0 Å². The zero-order valence-electron chi connectivity index (χ0n) is 12.7. The van der Waals surface area contributed by atoms with Crippen LogP contribution in [0.5, 0.6) is 0 Å². The van der Waals surface area contributed by atoms with Crippen LogP contribution in [0.1, 0.15) is 29.5 Å². The first-order valence-corrected chi connectivity index (χ1v) is 7.57. The van der Waals surface area contributed by atoms with Gasteiger partial charge in [-0.05, 0) is 48.8 Å². The van der Waals surface area contributed by atoms with Crippen molar-refractivity contribution in [1.82, 2.24) is 5.32 Å². The van der Waals surface area contributed by atoms with Gasteiger partial charge in [0.15, 0.2) is 0 Å². The quantitative estimate of drug-likeness (QED) is 0.455. The molecule has 22 heavy (non-hydrogen) atoms. The van der Waals surface area contributed by atoms with Crippen molar-refractivity contribution in [2.24, 2.45) is 11.7 Å². The van der Waals surface area contributed by atoms with E-state index in [0.29, 0.717) is 25.8 Å². The minimum atomic E-state index is -1.35. The van der Waals surface area contributed by atoms with E-state index >= 15 is 0 Å². The lowest BCUT2D eigenvalue weighted by Gasteiger charge is -2.32. The Morgan fingerprint density at radius 3 is 2.77 bits per heavy atom. The van der Waals surface area contributed by atoms with Crippen LogP contribution in [0.25, 0.3) is 0 Å². The van der Waals surface area contributed by atoms with Crippen molar-refractivity contribution in [1.29, 1.82) is 0 Å². The number of fused-ring (bicyclic) bond motifs is 1. The molecule has 6 nitrogen and oxygen atoms in total. The summed E-state index contributed by atoms with van der Waals surface area (Å²) in [4.78, 5) is 12.0. The molecule has 7 heteroatoms. The van der Waals surface area contributed by atoms with Gasteiger partial charge in [-0.15, -0.1) is 0 Å². The second kappa shape index (κ2) is 6.79. The third-order valence-electron chi connectivity index (χ3n) is 4.73. The predicted molar refractivity (Wildman–Crippen MR) is 84.1 cm³/mol. The lowest BCUT2D eigenvalue weighted by atomic mass is 9.77. The van der Waals surface area contributed by atoms with Crippen molar-refractivity contribution in [3.8, 4) is 0 Å². The summed E-state index contributed by atoms with van der Waals surface area (Å²) in [5, 5.41) is 30.8. The summed E-state index contributed by atoms with van der Waals surface area (Å²) in [5.41, 5.74) is 7.41. The van der Waals surface area contributed by atoms with Crippen molar-refractivity contribution >= 4 is 13.1 Å². The van der Waals surface area contributed by atoms with E-state index in [-0.39, 0.29) is 12.2 Å². The monoisotopic (exact) mass is 306 g/mol. The topological polar surface area (TPSA) is 116 Å². The molecule has 6 N–H and O–H groups in total. The van der Waals surface area contributed by atoms with E-state index < -0.39 is 18.6 Å². The van der Waals surface area contributed by atoms with Crippen LogP contribution < -0.4 is 11.1 Å². The van der Waals surface area contributed by atoms with E-state index in [1.165, 1.54) is 0 Å². The Hall–Kier alpha value is -1.41. The highest BCUT2D eigenvalue weighted by atomic mass is 16.4. The minimum absolute atomic E-state index is 0.142. The number of nitrogens with one attached hydrogen (secondary N) is 1. The molecule has 0 aliphatic heterocycles. The molecule has 0 aromatic heterocycles. The Labute approximate surface area is 130 Å². The number of likely N-dealkylation sites (N-methyl/N-ethyl adjacent to an activating group) is 1. The zero-order valence-corrected chi connectivity index (χ0v) is 12.7. The second-order valence-electron chi connectivity index (χ2n) is 5.82. The maximum absolute atomic E-state index is 12.0. The van der Waals surface area contributed by atoms with E-state index in [1.54, 1.807) is 7.05 Å². The Bertz CT molecular complexity index is 552. The first kappa shape index (κ1) is 17.0. The van der Waals surface area contributed by atoms with Crippen molar-refractivity contribution < 1.29 is 19.9 Å². The number of benzene rings is 1. The molecular weight excluding hydrogens is 283 g/mol. The Kier molecular flexibility index (Phi) is 5.23. The van der Waals surface area contributed by atoms with Crippen LogP contribution in [0.2, 0.25) is 6.32 Å². The number of aliphatic carboxylic acids is 1. The van der Waals surface area contributed by atoms with Gasteiger partial charge < -0.3 is 26.2 Å². The smallest absolute Gasteiger partial charge is 0.451 e. The highest BCUT2D eigenvalue weighted by Crippen LogP contribution is 2.45. The summed E-state index contributed by atoms with van der Waals surface area (Å²) < 4.78 is 0. The maximum Gasteiger partial charge on any atom is 0.451 e. The van der Waals surface area contributed by atoms with Gasteiger partial charge in [0.05, 0.1) is 0 Å². The fraction of sp³-hybridized carbons (Fsp3) is 0.533. The summed E-state index contributed by atoms with van der Waals surface area (Å²) in [5.74, 6) is -1.05. The van der Waals surface area contributed by atoms with Crippen molar-refractivity contribution in [2.45, 2.75) is 37.7 Å². The lowest BCUT2D eigenvalue weighted by Crippen LogP contribution is -2.51. The van der Waals surface area contributed by atoms with Crippen LogP contribution in [0.3, 0.4) is 0 Å². The molecule has 2 unspecified atom stereocenters. The average Bonchev–Trinajstić information content (AvgIpc) is 2.81. The number of hydrogen-bond donors (Lipinski definition) is 5. The Morgan fingerprint density at radius 1 is 1.50 bits per heavy atom. The maximum atomic E-state index is 12.0. The molecule has 1 aliphatic carbocycles. The highest BCUT2D eigenvalue weighted by molar-refractivity contribution is 6.40. The zero-order chi connectivity index (χ0) is 16.3. The van der Waals surface area contributed by atoms with Gasteiger partial charge in [-0.2, -0.15) is 0 Å². The van der Waals surface area contributed by atoms with E-state index in [1.807, 2.05) is 18.2 Å². The standard InChI is InChI=1S/C15H23BN2O4/c1-18-15(14(19)20)11(5-3-7-16(21)22)8-12-10(9-17)4-2-6-13(12)15/h2,4,6,11,18,21-22H,3,5,7-9,17H2,1H3,(H,19,20). The molecule has 0 saturated carbocycles. The number of carbonyl (C=O) groups is 1. The van der Waals surface area contributed by atoms with Gasteiger partial charge in [0, 0.05) is 6.54 Å². The summed E-state index contributed by atoms with van der Waals surface area (Å²) in [7, 11) is 0.309. The fourth-order valence-electron chi connectivity index (χ4n) is 3.66. The van der Waals surface area contributed by atoms with Gasteiger partial charge in [-0.1, -0.05) is 24.6 Å². The normalized spacial score (nSPS) is 23.4. The van der Waals surface area contributed by atoms with Crippen LogP contribution in [-0.2, 0) is 23.3 Å². The fourth-order valence-corrected chi connectivity index (χ4v) is 3.66. The first-order chi connectivity index (χ1) is 10.5. The summed E-state index contributed by atoms with van der Waals surface area (Å²) in [6.45, 7) is 0.380. The van der Waals surface area contributed by atoms with Gasteiger partial charge >= 0.3 is 13.1 Å². The van der Waals surface area contributed by atoms with Crippen molar-refractivity contribution in [2.75, 3.05) is 7.05 Å². The van der Waals surface area contributed by atoms with Crippen LogP contribution in [0.4, 0.5) is 0 Å². The van der Waals surface area contributed by atoms with E-state index in [9.17, 15) is 9.90 Å². The molecule has 120 valence electrons. The molecule has 0 spiro atoms. The number of carboxylic acids is 1. The highest BCUT2D eigenvalue weighted by Gasteiger charge is 2.51. The van der Waals surface area contributed by atoms with Gasteiger partial charge in [0.1, 0.15) is 5.54 Å². The van der Waals surface area contributed by atoms with Gasteiger partial charge in [-0.25, -0.2) is 4.79 Å². The van der Waals surface area contributed by atoms with E-state index in [4.69, 9.17) is 15.8 Å². The summed E-state index contributed by atoms with van der Waals surface area (Å²) >= 11 is 0. The second-order valence-corrected chi connectivity index (χ2v) is 5.82. The number of hydrogen-bond acceptors (Lipinski definition) is 5. The number of rotatable bonds is 7. The molecule has 2 rings (SSSR count). The third-order valence-corrected chi connectivity index (χ3v) is 4.73. The van der Waals surface area contributed by atoms with Gasteiger partial charge in [0.25, 0.3) is 0 Å². The van der Waals surface area contributed by atoms with Crippen LogP contribution >= 0.6 is 0 Å². The molecule has 1 aromatic carbocycles.